The lowest BCUT2D eigenvalue weighted by Crippen LogP contribution is -2.18. The molecule has 1 aromatic rings. The van der Waals surface area contributed by atoms with Crippen molar-refractivity contribution < 1.29 is 0 Å². The summed E-state index contributed by atoms with van der Waals surface area (Å²) in [7, 11) is 0. The largest absolute Gasteiger partial charge is 0.323 e. The van der Waals surface area contributed by atoms with Gasteiger partial charge in [0.1, 0.15) is 0 Å². The Morgan fingerprint density at radius 1 is 1.14 bits per heavy atom. The van der Waals surface area contributed by atoms with Crippen molar-refractivity contribution in [3.8, 4) is 0 Å². The summed E-state index contributed by atoms with van der Waals surface area (Å²) in [4.78, 5) is 0. The maximum Gasteiger partial charge on any atom is 0.0450 e. The van der Waals surface area contributed by atoms with E-state index in [4.69, 9.17) is 5.84 Å². The number of nitrogens with two attached hydrogens (primary N) is 1. The number of rotatable bonds is 1. The number of benzene rings is 1. The highest BCUT2D eigenvalue weighted by atomic mass is 15.1. The monoisotopic (exact) mass is 188 g/mol. The van der Waals surface area contributed by atoms with E-state index in [9.17, 15) is 0 Å². The Hall–Kier alpha value is -1.31. The second-order valence-electron chi connectivity index (χ2n) is 3.83. The van der Waals surface area contributed by atoms with Gasteiger partial charge in [0, 0.05) is 11.6 Å². The molecule has 74 valence electrons. The van der Waals surface area contributed by atoms with Crippen LogP contribution in [0, 0.1) is 0 Å². The Labute approximate surface area is 84.8 Å². The van der Waals surface area contributed by atoms with Gasteiger partial charge in [0.15, 0.2) is 0 Å². The van der Waals surface area contributed by atoms with Gasteiger partial charge in [0.05, 0.1) is 0 Å². The van der Waals surface area contributed by atoms with E-state index in [0.29, 0.717) is 5.92 Å². The first-order chi connectivity index (χ1) is 6.92. The average Bonchev–Trinajstić information content (AvgIpc) is 2.30. The molecule has 0 amide bonds. The molecule has 0 bridgehead atoms. The summed E-state index contributed by atoms with van der Waals surface area (Å²) >= 11 is 0. The first kappa shape index (κ1) is 9.25. The minimum absolute atomic E-state index is 0.468. The van der Waals surface area contributed by atoms with E-state index in [1.807, 2.05) is 6.07 Å². The van der Waals surface area contributed by atoms with Crippen LogP contribution in [-0.4, -0.2) is 5.71 Å². The average molecular weight is 188 g/mol. The number of hydrogen-bond acceptors (Lipinski definition) is 2. The maximum absolute atomic E-state index is 5.42. The first-order valence-electron chi connectivity index (χ1n) is 5.23. The summed E-state index contributed by atoms with van der Waals surface area (Å²) in [6.45, 7) is 0. The van der Waals surface area contributed by atoms with Crippen molar-refractivity contribution in [2.45, 2.75) is 31.6 Å². The normalized spacial score (nSPS) is 25.1. The highest BCUT2D eigenvalue weighted by Gasteiger charge is 2.21. The van der Waals surface area contributed by atoms with Gasteiger partial charge in [-0.05, 0) is 24.8 Å². The van der Waals surface area contributed by atoms with Crippen LogP contribution in [0.4, 0.5) is 0 Å². The van der Waals surface area contributed by atoms with Crippen LogP contribution in [0.3, 0.4) is 0 Å². The van der Waals surface area contributed by atoms with Crippen LogP contribution in [0.5, 0.6) is 0 Å². The van der Waals surface area contributed by atoms with Crippen molar-refractivity contribution in [3.05, 3.63) is 35.9 Å². The first-order valence-corrected chi connectivity index (χ1v) is 5.23. The van der Waals surface area contributed by atoms with Gasteiger partial charge in [-0.15, -0.1) is 0 Å². The molecule has 0 aliphatic heterocycles. The lowest BCUT2D eigenvalue weighted by atomic mass is 9.82. The van der Waals surface area contributed by atoms with Crippen LogP contribution in [0.25, 0.3) is 0 Å². The fraction of sp³-hybridized carbons (Fsp3) is 0.417. The van der Waals surface area contributed by atoms with Gasteiger partial charge in [-0.2, -0.15) is 5.10 Å². The highest BCUT2D eigenvalue weighted by molar-refractivity contribution is 5.91. The predicted molar refractivity (Wildman–Crippen MR) is 59.3 cm³/mol. The highest BCUT2D eigenvalue weighted by Crippen LogP contribution is 2.30. The molecule has 1 atom stereocenters. The molecule has 1 fully saturated rings. The van der Waals surface area contributed by atoms with Gasteiger partial charge >= 0.3 is 0 Å². The molecule has 1 saturated carbocycles. The predicted octanol–water partition coefficient (Wildman–Crippen LogP) is 2.66. The molecule has 0 heterocycles. The quantitative estimate of drug-likeness (QED) is 0.534. The van der Waals surface area contributed by atoms with E-state index in [1.54, 1.807) is 0 Å². The molecular weight excluding hydrogens is 172 g/mol. The van der Waals surface area contributed by atoms with E-state index in [-0.39, 0.29) is 0 Å². The minimum atomic E-state index is 0.468. The second-order valence-corrected chi connectivity index (χ2v) is 3.83. The lowest BCUT2D eigenvalue weighted by Gasteiger charge is -2.23. The van der Waals surface area contributed by atoms with Gasteiger partial charge in [-0.3, -0.25) is 0 Å². The molecule has 2 heteroatoms. The van der Waals surface area contributed by atoms with Gasteiger partial charge in [0.25, 0.3) is 0 Å². The SMILES string of the molecule is NN=C1CCCCC1c1ccccc1. The number of hydrazone groups is 1. The van der Waals surface area contributed by atoms with E-state index in [2.05, 4.69) is 29.4 Å². The van der Waals surface area contributed by atoms with Gasteiger partial charge in [0.2, 0.25) is 0 Å². The zero-order valence-electron chi connectivity index (χ0n) is 8.32. The van der Waals surface area contributed by atoms with Crippen LogP contribution in [0.1, 0.15) is 37.2 Å². The Morgan fingerprint density at radius 3 is 2.64 bits per heavy atom. The lowest BCUT2D eigenvalue weighted by molar-refractivity contribution is 0.610. The Bertz CT molecular complexity index is 316. The zero-order chi connectivity index (χ0) is 9.80. The molecule has 0 spiro atoms. The van der Waals surface area contributed by atoms with Crippen molar-refractivity contribution in [1.29, 1.82) is 0 Å². The Balaban J connectivity index is 2.24. The molecule has 0 saturated heterocycles. The smallest absolute Gasteiger partial charge is 0.0450 e. The van der Waals surface area contributed by atoms with E-state index >= 15 is 0 Å². The van der Waals surface area contributed by atoms with Crippen LogP contribution in [0.2, 0.25) is 0 Å². The van der Waals surface area contributed by atoms with Crippen molar-refractivity contribution in [3.63, 3.8) is 0 Å². The third-order valence-electron chi connectivity index (χ3n) is 2.95. The molecule has 0 aromatic heterocycles. The molecule has 2 nitrogen and oxygen atoms in total. The summed E-state index contributed by atoms with van der Waals surface area (Å²) in [5.74, 6) is 5.89. The van der Waals surface area contributed by atoms with E-state index < -0.39 is 0 Å². The summed E-state index contributed by atoms with van der Waals surface area (Å²) in [6, 6.07) is 10.5. The fourth-order valence-electron chi connectivity index (χ4n) is 2.19. The second kappa shape index (κ2) is 4.27. The Morgan fingerprint density at radius 2 is 1.93 bits per heavy atom. The topological polar surface area (TPSA) is 38.4 Å². The molecule has 1 unspecified atom stereocenters. The van der Waals surface area contributed by atoms with Crippen LogP contribution in [-0.2, 0) is 0 Å². The molecule has 14 heavy (non-hydrogen) atoms. The standard InChI is InChI=1S/C12H16N2/c13-14-12-9-5-4-8-11(12)10-6-2-1-3-7-10/h1-3,6-7,11H,4-5,8-9,13H2. The molecule has 1 aliphatic carbocycles. The molecule has 2 rings (SSSR count). The minimum Gasteiger partial charge on any atom is -0.323 e. The fourth-order valence-corrected chi connectivity index (χ4v) is 2.19. The third-order valence-corrected chi connectivity index (χ3v) is 2.95. The molecule has 1 aromatic carbocycles. The van der Waals surface area contributed by atoms with Gasteiger partial charge in [-0.25, -0.2) is 0 Å². The number of nitrogens with zero attached hydrogens (tertiary/aromatic N) is 1. The summed E-state index contributed by atoms with van der Waals surface area (Å²) in [5, 5.41) is 3.92. The number of hydrogen-bond donors (Lipinski definition) is 1. The van der Waals surface area contributed by atoms with E-state index in [0.717, 1.165) is 6.42 Å². The van der Waals surface area contributed by atoms with Gasteiger partial charge < -0.3 is 5.84 Å². The van der Waals surface area contributed by atoms with Crippen LogP contribution in [0.15, 0.2) is 35.4 Å². The zero-order valence-corrected chi connectivity index (χ0v) is 8.32. The molecule has 0 radical (unpaired) electrons. The van der Waals surface area contributed by atoms with Crippen LogP contribution < -0.4 is 5.84 Å². The van der Waals surface area contributed by atoms with Crippen molar-refractivity contribution in [2.24, 2.45) is 10.9 Å². The molecular formula is C12H16N2. The van der Waals surface area contributed by atoms with Crippen molar-refractivity contribution >= 4 is 5.71 Å². The van der Waals surface area contributed by atoms with Gasteiger partial charge in [-0.1, -0.05) is 36.8 Å². The molecule has 2 N–H and O–H groups in total. The summed E-state index contributed by atoms with van der Waals surface area (Å²) in [5.41, 5.74) is 2.53. The van der Waals surface area contributed by atoms with E-state index in [1.165, 1.54) is 30.5 Å². The van der Waals surface area contributed by atoms with Crippen molar-refractivity contribution in [1.82, 2.24) is 0 Å². The molecule has 1 aliphatic rings. The van der Waals surface area contributed by atoms with Crippen molar-refractivity contribution in [2.75, 3.05) is 0 Å². The Kier molecular flexibility index (Phi) is 2.82. The third kappa shape index (κ3) is 1.79. The maximum atomic E-state index is 5.42. The summed E-state index contributed by atoms with van der Waals surface area (Å²) in [6.07, 6.45) is 4.79. The van der Waals surface area contributed by atoms with Crippen LogP contribution >= 0.6 is 0 Å². The summed E-state index contributed by atoms with van der Waals surface area (Å²) < 4.78 is 0.